The van der Waals surface area contributed by atoms with Crippen LogP contribution in [0.5, 0.6) is 0 Å². The first-order valence-corrected chi connectivity index (χ1v) is 10.8. The van der Waals surface area contributed by atoms with Gasteiger partial charge in [-0.3, -0.25) is 4.90 Å². The van der Waals surface area contributed by atoms with E-state index in [0.717, 1.165) is 17.7 Å². The molecule has 0 saturated heterocycles. The van der Waals surface area contributed by atoms with E-state index in [2.05, 4.69) is 5.32 Å². The number of anilines is 1. The molecule has 0 unspecified atom stereocenters. The Bertz CT molecular complexity index is 1020. The summed E-state index contributed by atoms with van der Waals surface area (Å²) in [7, 11) is -3.71. The Balaban J connectivity index is 1.82. The highest BCUT2D eigenvalue weighted by Crippen LogP contribution is 2.27. The third kappa shape index (κ3) is 4.16. The molecular formula is C20H22F2N2O3S. The lowest BCUT2D eigenvalue weighted by atomic mass is 10.1. The first-order chi connectivity index (χ1) is 13.2. The maximum absolute atomic E-state index is 14.0. The topological polar surface area (TPSA) is 66.5 Å². The highest BCUT2D eigenvalue weighted by molar-refractivity contribution is 7.89. The molecule has 3 rings (SSSR count). The predicted molar refractivity (Wildman–Crippen MR) is 104 cm³/mol. The van der Waals surface area contributed by atoms with Gasteiger partial charge in [0.25, 0.3) is 0 Å². The first-order valence-electron chi connectivity index (χ1n) is 9.03. The maximum atomic E-state index is 14.0. The van der Waals surface area contributed by atoms with Crippen molar-refractivity contribution in [3.63, 3.8) is 0 Å². The number of halogens is 2. The predicted octanol–water partition coefficient (Wildman–Crippen LogP) is 3.83. The average Bonchev–Trinajstić information content (AvgIpc) is 2.64. The van der Waals surface area contributed by atoms with E-state index in [1.807, 2.05) is 6.92 Å². The number of nitrogens with one attached hydrogen (secondary N) is 1. The second kappa shape index (κ2) is 7.87. The van der Waals surface area contributed by atoms with E-state index < -0.39 is 27.2 Å². The van der Waals surface area contributed by atoms with Crippen molar-refractivity contribution in [3.8, 4) is 0 Å². The Kier molecular flexibility index (Phi) is 5.69. The number of benzene rings is 2. The molecule has 1 heterocycles. The van der Waals surface area contributed by atoms with Crippen molar-refractivity contribution in [1.29, 1.82) is 0 Å². The SMILES string of the molecule is CCCN1C(=O)NCc2cc(CS(=O)(=O)Cc3ccc(C)c(F)c3F)ccc21. The van der Waals surface area contributed by atoms with E-state index in [1.165, 1.54) is 19.1 Å². The van der Waals surface area contributed by atoms with Crippen LogP contribution >= 0.6 is 0 Å². The van der Waals surface area contributed by atoms with Gasteiger partial charge in [0.15, 0.2) is 21.5 Å². The zero-order valence-electron chi connectivity index (χ0n) is 15.8. The number of fused-ring (bicyclic) bond motifs is 1. The summed E-state index contributed by atoms with van der Waals surface area (Å²) in [4.78, 5) is 13.6. The van der Waals surface area contributed by atoms with Gasteiger partial charge in [0, 0.05) is 18.7 Å². The molecule has 28 heavy (non-hydrogen) atoms. The lowest BCUT2D eigenvalue weighted by Gasteiger charge is -2.30. The van der Waals surface area contributed by atoms with Crippen LogP contribution < -0.4 is 10.2 Å². The lowest BCUT2D eigenvalue weighted by Crippen LogP contribution is -2.44. The van der Waals surface area contributed by atoms with Crippen molar-refractivity contribution >= 4 is 21.6 Å². The van der Waals surface area contributed by atoms with Gasteiger partial charge < -0.3 is 5.32 Å². The summed E-state index contributed by atoms with van der Waals surface area (Å²) in [6.45, 7) is 4.27. The van der Waals surface area contributed by atoms with Crippen LogP contribution in [-0.2, 0) is 27.9 Å². The Hall–Kier alpha value is -2.48. The molecule has 1 aliphatic heterocycles. The van der Waals surface area contributed by atoms with Gasteiger partial charge in [0.1, 0.15) is 0 Å². The summed E-state index contributed by atoms with van der Waals surface area (Å²) in [5.41, 5.74) is 2.08. The molecule has 5 nitrogen and oxygen atoms in total. The molecule has 2 amide bonds. The molecule has 2 aromatic carbocycles. The van der Waals surface area contributed by atoms with Gasteiger partial charge in [-0.2, -0.15) is 0 Å². The molecule has 0 bridgehead atoms. The number of nitrogens with zero attached hydrogens (tertiary/aromatic N) is 1. The van der Waals surface area contributed by atoms with Gasteiger partial charge in [-0.05, 0) is 36.1 Å². The third-order valence-corrected chi connectivity index (χ3v) is 6.20. The van der Waals surface area contributed by atoms with Crippen LogP contribution in [0.3, 0.4) is 0 Å². The van der Waals surface area contributed by atoms with Crippen molar-refractivity contribution < 1.29 is 22.0 Å². The van der Waals surface area contributed by atoms with E-state index in [0.29, 0.717) is 18.7 Å². The van der Waals surface area contributed by atoms with E-state index in [-0.39, 0.29) is 22.9 Å². The maximum Gasteiger partial charge on any atom is 0.322 e. The number of hydrogen-bond acceptors (Lipinski definition) is 3. The summed E-state index contributed by atoms with van der Waals surface area (Å²) >= 11 is 0. The monoisotopic (exact) mass is 408 g/mol. The Morgan fingerprint density at radius 3 is 2.57 bits per heavy atom. The number of rotatable bonds is 6. The highest BCUT2D eigenvalue weighted by Gasteiger charge is 2.24. The number of hydrogen-bond donors (Lipinski definition) is 1. The number of carbonyl (C=O) groups excluding carboxylic acids is 1. The van der Waals surface area contributed by atoms with Gasteiger partial charge in [0.05, 0.1) is 17.2 Å². The smallest absolute Gasteiger partial charge is 0.322 e. The molecule has 0 radical (unpaired) electrons. The fraction of sp³-hybridized carbons (Fsp3) is 0.350. The average molecular weight is 408 g/mol. The van der Waals surface area contributed by atoms with Crippen LogP contribution in [0.25, 0.3) is 0 Å². The van der Waals surface area contributed by atoms with Crippen molar-refractivity contribution in [2.45, 2.75) is 38.3 Å². The summed E-state index contributed by atoms with van der Waals surface area (Å²) in [6, 6.07) is 7.63. The number of carbonyl (C=O) groups is 1. The van der Waals surface area contributed by atoms with E-state index in [1.54, 1.807) is 23.1 Å². The molecule has 0 aliphatic carbocycles. The van der Waals surface area contributed by atoms with E-state index in [4.69, 9.17) is 0 Å². The van der Waals surface area contributed by atoms with Crippen LogP contribution in [0.4, 0.5) is 19.3 Å². The normalized spacial score (nSPS) is 14.0. The van der Waals surface area contributed by atoms with E-state index in [9.17, 15) is 22.0 Å². The van der Waals surface area contributed by atoms with Crippen molar-refractivity contribution in [3.05, 3.63) is 64.2 Å². The van der Waals surface area contributed by atoms with Gasteiger partial charge in [-0.25, -0.2) is 22.0 Å². The van der Waals surface area contributed by atoms with Crippen LogP contribution in [0.1, 0.15) is 35.6 Å². The van der Waals surface area contributed by atoms with Crippen molar-refractivity contribution in [1.82, 2.24) is 5.32 Å². The standard InChI is InChI=1S/C20H22F2N2O3S/c1-3-8-24-17-7-5-14(9-16(17)10-23-20(24)25)11-28(26,27)12-15-6-4-13(2)18(21)19(15)22/h4-7,9H,3,8,10-12H2,1-2H3,(H,23,25). The first kappa shape index (κ1) is 20.3. The van der Waals surface area contributed by atoms with Gasteiger partial charge >= 0.3 is 6.03 Å². The fourth-order valence-electron chi connectivity index (χ4n) is 3.29. The minimum Gasteiger partial charge on any atom is -0.334 e. The Morgan fingerprint density at radius 2 is 1.86 bits per heavy atom. The summed E-state index contributed by atoms with van der Waals surface area (Å²) in [6.07, 6.45) is 0.793. The molecular weight excluding hydrogens is 386 g/mol. The molecule has 2 aromatic rings. The number of sulfone groups is 1. The van der Waals surface area contributed by atoms with Crippen LogP contribution in [-0.4, -0.2) is 21.0 Å². The lowest BCUT2D eigenvalue weighted by molar-refractivity contribution is 0.244. The molecule has 0 fully saturated rings. The molecule has 8 heteroatoms. The van der Waals surface area contributed by atoms with Crippen molar-refractivity contribution in [2.24, 2.45) is 0 Å². The van der Waals surface area contributed by atoms with Crippen LogP contribution in [0, 0.1) is 18.6 Å². The molecule has 1 N–H and O–H groups in total. The molecule has 0 aromatic heterocycles. The van der Waals surface area contributed by atoms with Gasteiger partial charge in [0.2, 0.25) is 0 Å². The zero-order chi connectivity index (χ0) is 20.5. The Morgan fingerprint density at radius 1 is 1.11 bits per heavy atom. The number of aryl methyl sites for hydroxylation is 1. The van der Waals surface area contributed by atoms with Crippen molar-refractivity contribution in [2.75, 3.05) is 11.4 Å². The van der Waals surface area contributed by atoms with Crippen LogP contribution in [0.15, 0.2) is 30.3 Å². The summed E-state index contributed by atoms with van der Waals surface area (Å²) in [5.74, 6) is -3.01. The highest BCUT2D eigenvalue weighted by atomic mass is 32.2. The largest absolute Gasteiger partial charge is 0.334 e. The number of urea groups is 1. The molecule has 0 atom stereocenters. The fourth-order valence-corrected chi connectivity index (χ4v) is 4.78. The Labute approximate surface area is 163 Å². The quantitative estimate of drug-likeness (QED) is 0.790. The number of amides is 2. The molecule has 1 aliphatic rings. The minimum absolute atomic E-state index is 0.131. The second-order valence-corrected chi connectivity index (χ2v) is 9.04. The van der Waals surface area contributed by atoms with Crippen LogP contribution in [0.2, 0.25) is 0 Å². The molecule has 0 saturated carbocycles. The van der Waals surface area contributed by atoms with E-state index >= 15 is 0 Å². The third-order valence-electron chi connectivity index (χ3n) is 4.67. The zero-order valence-corrected chi connectivity index (χ0v) is 16.6. The van der Waals surface area contributed by atoms with Gasteiger partial charge in [-0.15, -0.1) is 0 Å². The summed E-state index contributed by atoms with van der Waals surface area (Å²) in [5, 5.41) is 2.77. The molecule has 0 spiro atoms. The molecule has 150 valence electrons. The minimum atomic E-state index is -3.71. The summed E-state index contributed by atoms with van der Waals surface area (Å²) < 4.78 is 52.8. The second-order valence-electron chi connectivity index (χ2n) is 6.98. The van der Waals surface area contributed by atoms with Gasteiger partial charge in [-0.1, -0.05) is 31.2 Å².